The fourth-order valence-corrected chi connectivity index (χ4v) is 4.12. The highest BCUT2D eigenvalue weighted by Crippen LogP contribution is 2.29. The van der Waals surface area contributed by atoms with Crippen molar-refractivity contribution in [1.82, 2.24) is 20.1 Å². The van der Waals surface area contributed by atoms with Gasteiger partial charge in [-0.3, -0.25) is 4.79 Å². The molecule has 1 atom stereocenters. The van der Waals surface area contributed by atoms with Gasteiger partial charge in [-0.25, -0.2) is 13.1 Å². The molecule has 1 amide bonds. The Kier molecular flexibility index (Phi) is 4.57. The van der Waals surface area contributed by atoms with E-state index in [4.69, 9.17) is 4.74 Å². The molecule has 1 aliphatic heterocycles. The first-order valence-corrected chi connectivity index (χ1v) is 9.93. The average molecular weight is 399 g/mol. The number of carbonyl (C=O) groups excluding carboxylic acids is 1. The summed E-state index contributed by atoms with van der Waals surface area (Å²) in [4.78, 5) is 16.6. The standard InChI is InChI=1S/C18H17N5O4S/c1-27-14(12-7-3-2-4-8-12)11-19-17(24)16-20-18-22-28(25,26)15-10-6-5-9-13(15)23(18)21-16/h2-10,14H,11H2,1H3,(H,19,24)(H,20,21,22). The van der Waals surface area contributed by atoms with Gasteiger partial charge in [0.15, 0.2) is 0 Å². The molecular weight excluding hydrogens is 382 g/mol. The topological polar surface area (TPSA) is 115 Å². The van der Waals surface area contributed by atoms with Gasteiger partial charge in [0.25, 0.3) is 15.9 Å². The number of sulfonamides is 1. The maximum Gasteiger partial charge on any atom is 0.291 e. The number of hydrogen-bond acceptors (Lipinski definition) is 6. The van der Waals surface area contributed by atoms with E-state index in [1.165, 1.54) is 10.7 Å². The van der Waals surface area contributed by atoms with E-state index in [1.807, 2.05) is 30.3 Å². The van der Waals surface area contributed by atoms with Crippen LogP contribution in [0, 0.1) is 0 Å². The molecule has 0 radical (unpaired) electrons. The third-order valence-electron chi connectivity index (χ3n) is 4.32. The van der Waals surface area contributed by atoms with Gasteiger partial charge in [0.2, 0.25) is 11.8 Å². The minimum Gasteiger partial charge on any atom is -0.375 e. The lowest BCUT2D eigenvalue weighted by Gasteiger charge is -2.17. The van der Waals surface area contributed by atoms with Gasteiger partial charge in [-0.15, -0.1) is 5.10 Å². The van der Waals surface area contributed by atoms with Gasteiger partial charge in [-0.05, 0) is 17.7 Å². The Morgan fingerprint density at radius 1 is 1.18 bits per heavy atom. The highest BCUT2D eigenvalue weighted by Gasteiger charge is 2.31. The molecule has 1 aromatic heterocycles. The average Bonchev–Trinajstić information content (AvgIpc) is 3.12. The molecule has 4 rings (SSSR count). The van der Waals surface area contributed by atoms with Gasteiger partial charge < -0.3 is 10.1 Å². The van der Waals surface area contributed by atoms with Crippen molar-refractivity contribution >= 4 is 21.9 Å². The van der Waals surface area contributed by atoms with Crippen LogP contribution in [0.3, 0.4) is 0 Å². The molecule has 10 heteroatoms. The van der Waals surface area contributed by atoms with E-state index in [0.717, 1.165) is 5.56 Å². The molecule has 1 aliphatic rings. The van der Waals surface area contributed by atoms with Crippen LogP contribution in [0.1, 0.15) is 22.3 Å². The molecule has 28 heavy (non-hydrogen) atoms. The van der Waals surface area contributed by atoms with E-state index < -0.39 is 15.9 Å². The minimum absolute atomic E-state index is 0.0322. The van der Waals surface area contributed by atoms with Crippen LogP contribution >= 0.6 is 0 Å². The summed E-state index contributed by atoms with van der Waals surface area (Å²) < 4.78 is 33.7. The fourth-order valence-electron chi connectivity index (χ4n) is 2.95. The summed E-state index contributed by atoms with van der Waals surface area (Å²) in [5, 5.41) is 6.88. The zero-order valence-corrected chi connectivity index (χ0v) is 15.7. The molecule has 2 N–H and O–H groups in total. The number of aromatic nitrogens is 3. The van der Waals surface area contributed by atoms with E-state index in [1.54, 1.807) is 25.3 Å². The van der Waals surface area contributed by atoms with Crippen LogP contribution in [0.25, 0.3) is 5.69 Å². The Morgan fingerprint density at radius 3 is 2.64 bits per heavy atom. The minimum atomic E-state index is -3.76. The van der Waals surface area contributed by atoms with E-state index >= 15 is 0 Å². The van der Waals surface area contributed by atoms with E-state index in [-0.39, 0.29) is 29.3 Å². The van der Waals surface area contributed by atoms with E-state index in [2.05, 4.69) is 20.1 Å². The Morgan fingerprint density at radius 2 is 1.89 bits per heavy atom. The molecule has 0 spiro atoms. The summed E-state index contributed by atoms with van der Waals surface area (Å²) in [6, 6.07) is 15.8. The third kappa shape index (κ3) is 3.23. The van der Waals surface area contributed by atoms with Crippen LogP contribution in [0.4, 0.5) is 5.95 Å². The second-order valence-corrected chi connectivity index (χ2v) is 7.74. The number of benzene rings is 2. The quantitative estimate of drug-likeness (QED) is 0.672. The Bertz CT molecular complexity index is 1130. The lowest BCUT2D eigenvalue weighted by atomic mass is 10.1. The molecule has 2 aromatic carbocycles. The van der Waals surface area contributed by atoms with Crippen LogP contribution in [0.15, 0.2) is 59.5 Å². The van der Waals surface area contributed by atoms with Crippen molar-refractivity contribution in [3.63, 3.8) is 0 Å². The molecule has 0 aliphatic carbocycles. The Labute approximate surface area is 161 Å². The number of carbonyl (C=O) groups is 1. The number of methoxy groups -OCH3 is 1. The molecular formula is C18H17N5O4S. The number of para-hydroxylation sites is 1. The number of ether oxygens (including phenoxy) is 1. The second-order valence-electron chi connectivity index (χ2n) is 6.09. The zero-order chi connectivity index (χ0) is 19.7. The van der Waals surface area contributed by atoms with Crippen molar-refractivity contribution in [2.24, 2.45) is 0 Å². The predicted octanol–water partition coefficient (Wildman–Crippen LogP) is 1.50. The molecule has 0 bridgehead atoms. The smallest absolute Gasteiger partial charge is 0.291 e. The molecule has 2 heterocycles. The van der Waals surface area contributed by atoms with E-state index in [9.17, 15) is 13.2 Å². The second kappa shape index (κ2) is 7.06. The van der Waals surface area contributed by atoms with Crippen molar-refractivity contribution in [2.45, 2.75) is 11.0 Å². The summed E-state index contributed by atoms with van der Waals surface area (Å²) in [5.41, 5.74) is 1.26. The van der Waals surface area contributed by atoms with Gasteiger partial charge in [-0.2, -0.15) is 9.67 Å². The van der Waals surface area contributed by atoms with Crippen LogP contribution < -0.4 is 10.0 Å². The lowest BCUT2D eigenvalue weighted by molar-refractivity contribution is 0.0820. The maximum absolute atomic E-state index is 12.5. The van der Waals surface area contributed by atoms with Crippen LogP contribution in [-0.4, -0.2) is 42.7 Å². The SMILES string of the molecule is COC(CNC(=O)c1nc2n(n1)-c1ccccc1S(=O)(=O)N2)c1ccccc1. The predicted molar refractivity (Wildman–Crippen MR) is 101 cm³/mol. The molecule has 9 nitrogen and oxygen atoms in total. The summed E-state index contributed by atoms with van der Waals surface area (Å²) in [6.07, 6.45) is -0.332. The number of nitrogens with zero attached hydrogens (tertiary/aromatic N) is 3. The summed E-state index contributed by atoms with van der Waals surface area (Å²) >= 11 is 0. The highest BCUT2D eigenvalue weighted by atomic mass is 32.2. The zero-order valence-electron chi connectivity index (χ0n) is 14.9. The van der Waals surface area contributed by atoms with Crippen LogP contribution in [-0.2, 0) is 14.8 Å². The first-order valence-electron chi connectivity index (χ1n) is 8.45. The number of fused-ring (bicyclic) bond motifs is 3. The monoisotopic (exact) mass is 399 g/mol. The number of rotatable bonds is 5. The summed E-state index contributed by atoms with van der Waals surface area (Å²) in [6.45, 7) is 0.214. The van der Waals surface area contributed by atoms with Crippen molar-refractivity contribution in [2.75, 3.05) is 18.4 Å². The lowest BCUT2D eigenvalue weighted by Crippen LogP contribution is -2.30. The Hall–Kier alpha value is -3.24. The highest BCUT2D eigenvalue weighted by molar-refractivity contribution is 7.92. The third-order valence-corrected chi connectivity index (χ3v) is 5.70. The first kappa shape index (κ1) is 18.1. The number of amides is 1. The fraction of sp³-hybridized carbons (Fsp3) is 0.167. The van der Waals surface area contributed by atoms with Gasteiger partial charge >= 0.3 is 0 Å². The van der Waals surface area contributed by atoms with Crippen molar-refractivity contribution < 1.29 is 17.9 Å². The summed E-state index contributed by atoms with van der Waals surface area (Å²) in [7, 11) is -2.20. The number of hydrogen-bond donors (Lipinski definition) is 2. The summed E-state index contributed by atoms with van der Waals surface area (Å²) in [5.74, 6) is -0.705. The van der Waals surface area contributed by atoms with Crippen molar-refractivity contribution in [3.05, 3.63) is 66.0 Å². The number of anilines is 1. The van der Waals surface area contributed by atoms with E-state index in [0.29, 0.717) is 5.69 Å². The van der Waals surface area contributed by atoms with Crippen LogP contribution in [0.5, 0.6) is 0 Å². The van der Waals surface area contributed by atoms with Gasteiger partial charge in [0.1, 0.15) is 4.90 Å². The van der Waals surface area contributed by atoms with Gasteiger partial charge in [-0.1, -0.05) is 42.5 Å². The molecule has 144 valence electrons. The molecule has 0 saturated carbocycles. The molecule has 0 fully saturated rings. The van der Waals surface area contributed by atoms with Crippen molar-refractivity contribution in [1.29, 1.82) is 0 Å². The van der Waals surface area contributed by atoms with Gasteiger partial charge in [0, 0.05) is 13.7 Å². The number of nitrogens with one attached hydrogen (secondary N) is 2. The molecule has 3 aromatic rings. The first-order chi connectivity index (χ1) is 13.5. The van der Waals surface area contributed by atoms with Crippen LogP contribution in [0.2, 0.25) is 0 Å². The largest absolute Gasteiger partial charge is 0.375 e. The molecule has 1 unspecified atom stereocenters. The Balaban J connectivity index is 1.56. The normalized spacial score (nSPS) is 15.0. The van der Waals surface area contributed by atoms with Gasteiger partial charge in [0.05, 0.1) is 11.8 Å². The van der Waals surface area contributed by atoms with Crippen molar-refractivity contribution in [3.8, 4) is 5.69 Å². The maximum atomic E-state index is 12.5. The molecule has 0 saturated heterocycles.